The van der Waals surface area contributed by atoms with E-state index in [-0.39, 0.29) is 24.8 Å². The third-order valence-corrected chi connectivity index (χ3v) is 4.56. The average molecular weight is 414 g/mol. The van der Waals surface area contributed by atoms with Gasteiger partial charge in [0.15, 0.2) is 0 Å². The second-order valence-electron chi connectivity index (χ2n) is 6.54. The van der Waals surface area contributed by atoms with Crippen molar-refractivity contribution >= 4 is 36.6 Å². The first-order chi connectivity index (χ1) is 12.2. The van der Waals surface area contributed by atoms with Crippen molar-refractivity contribution in [3.8, 4) is 5.75 Å². The summed E-state index contributed by atoms with van der Waals surface area (Å²) in [4.78, 5) is 8.64. The summed E-state index contributed by atoms with van der Waals surface area (Å²) in [6.07, 6.45) is 3.89. The summed E-state index contributed by atoms with van der Waals surface area (Å²) in [6.45, 7) is 3.51. The fourth-order valence-electron chi connectivity index (χ4n) is 3.19. The number of nitrogens with one attached hydrogen (secondary N) is 1. The number of nitrogen functional groups attached to an aromatic ring is 1. The molecule has 3 rings (SSSR count). The smallest absolute Gasteiger partial charge is 0.222 e. The highest BCUT2D eigenvalue weighted by atomic mass is 35.5. The molecule has 1 aromatic carbocycles. The Morgan fingerprint density at radius 2 is 1.93 bits per heavy atom. The van der Waals surface area contributed by atoms with Gasteiger partial charge >= 0.3 is 0 Å². The van der Waals surface area contributed by atoms with E-state index in [1.807, 2.05) is 31.2 Å². The summed E-state index contributed by atoms with van der Waals surface area (Å²) in [6, 6.07) is 10.5. The van der Waals surface area contributed by atoms with E-state index in [1.54, 1.807) is 0 Å². The molecule has 150 valence electrons. The molecular formula is C19H29Cl2N5O. The molecule has 1 heterocycles. The van der Waals surface area contributed by atoms with Gasteiger partial charge in [0.2, 0.25) is 5.95 Å². The molecule has 27 heavy (non-hydrogen) atoms. The van der Waals surface area contributed by atoms with Crippen molar-refractivity contribution in [2.45, 2.75) is 44.6 Å². The van der Waals surface area contributed by atoms with Gasteiger partial charge in [0.25, 0.3) is 0 Å². The van der Waals surface area contributed by atoms with Crippen LogP contribution in [0.3, 0.4) is 0 Å². The van der Waals surface area contributed by atoms with Crippen LogP contribution in [0.1, 0.15) is 43.4 Å². The fourth-order valence-corrected chi connectivity index (χ4v) is 3.19. The third-order valence-electron chi connectivity index (χ3n) is 4.56. The molecule has 0 radical (unpaired) electrons. The van der Waals surface area contributed by atoms with Crippen molar-refractivity contribution in [3.63, 3.8) is 0 Å². The largest absolute Gasteiger partial charge is 0.494 e. The number of nitrogens with zero attached hydrogens (tertiary/aromatic N) is 2. The Morgan fingerprint density at radius 1 is 1.19 bits per heavy atom. The maximum atomic E-state index is 5.87. The first-order valence-corrected chi connectivity index (χ1v) is 9.00. The maximum Gasteiger partial charge on any atom is 0.222 e. The van der Waals surface area contributed by atoms with E-state index >= 15 is 0 Å². The molecule has 0 atom stereocenters. The van der Waals surface area contributed by atoms with Crippen LogP contribution in [0.5, 0.6) is 5.75 Å². The molecule has 1 aliphatic rings. The first kappa shape index (κ1) is 23.3. The maximum absolute atomic E-state index is 5.87. The number of aryl methyl sites for hydroxylation is 1. The van der Waals surface area contributed by atoms with Gasteiger partial charge in [0, 0.05) is 24.6 Å². The normalized spacial score (nSPS) is 17.9. The number of benzene rings is 1. The monoisotopic (exact) mass is 413 g/mol. The topological polar surface area (TPSA) is 99.1 Å². The molecule has 0 unspecified atom stereocenters. The zero-order chi connectivity index (χ0) is 17.6. The molecule has 0 bridgehead atoms. The van der Waals surface area contributed by atoms with Crippen molar-refractivity contribution in [3.05, 3.63) is 41.6 Å². The number of para-hydroxylation sites is 1. The van der Waals surface area contributed by atoms with Crippen LogP contribution in [0.4, 0.5) is 11.8 Å². The van der Waals surface area contributed by atoms with E-state index in [9.17, 15) is 0 Å². The third kappa shape index (κ3) is 6.41. The van der Waals surface area contributed by atoms with E-state index in [2.05, 4.69) is 21.4 Å². The zero-order valence-corrected chi connectivity index (χ0v) is 17.2. The standard InChI is InChI=1S/C19H27N5O.2ClH/c1-2-25-17-8-4-3-6-13(17)7-5-9-22-18-12-16(23-19(21)24-18)14-10-15(20)11-14;;/h3-4,6,8,12,14-15H,2,5,7,9-11,20H2,1H3,(H3,21,22,23,24);2*1H. The minimum absolute atomic E-state index is 0. The number of hydrogen-bond donors (Lipinski definition) is 3. The Hall–Kier alpha value is -1.76. The average Bonchev–Trinajstić information content (AvgIpc) is 2.57. The first-order valence-electron chi connectivity index (χ1n) is 9.00. The Kier molecular flexibility index (Phi) is 9.63. The Bertz CT molecular complexity index is 710. The summed E-state index contributed by atoms with van der Waals surface area (Å²) in [5, 5.41) is 3.36. The molecule has 0 amide bonds. The Morgan fingerprint density at radius 3 is 2.63 bits per heavy atom. The lowest BCUT2D eigenvalue weighted by Crippen LogP contribution is -2.35. The van der Waals surface area contributed by atoms with Gasteiger partial charge < -0.3 is 21.5 Å². The number of nitrogens with two attached hydrogens (primary N) is 2. The summed E-state index contributed by atoms with van der Waals surface area (Å²) in [5.74, 6) is 2.50. The Labute approximate surface area is 173 Å². The molecule has 0 aliphatic heterocycles. The lowest BCUT2D eigenvalue weighted by molar-refractivity contribution is 0.336. The van der Waals surface area contributed by atoms with E-state index < -0.39 is 0 Å². The van der Waals surface area contributed by atoms with Crippen molar-refractivity contribution in [1.29, 1.82) is 0 Å². The van der Waals surface area contributed by atoms with Gasteiger partial charge in [0.1, 0.15) is 11.6 Å². The molecule has 8 heteroatoms. The van der Waals surface area contributed by atoms with Gasteiger partial charge in [-0.05, 0) is 44.2 Å². The molecule has 6 nitrogen and oxygen atoms in total. The van der Waals surface area contributed by atoms with Gasteiger partial charge in [0.05, 0.1) is 12.3 Å². The highest BCUT2D eigenvalue weighted by molar-refractivity contribution is 5.85. The minimum Gasteiger partial charge on any atom is -0.494 e. The molecule has 1 saturated carbocycles. The van der Waals surface area contributed by atoms with Gasteiger partial charge in [-0.25, -0.2) is 4.98 Å². The van der Waals surface area contributed by atoms with Crippen LogP contribution in [-0.4, -0.2) is 29.2 Å². The summed E-state index contributed by atoms with van der Waals surface area (Å²) in [5.41, 5.74) is 14.0. The van der Waals surface area contributed by atoms with Gasteiger partial charge in [-0.1, -0.05) is 18.2 Å². The van der Waals surface area contributed by atoms with Crippen LogP contribution in [0.2, 0.25) is 0 Å². The van der Waals surface area contributed by atoms with E-state index in [1.165, 1.54) is 5.56 Å². The second-order valence-corrected chi connectivity index (χ2v) is 6.54. The lowest BCUT2D eigenvalue weighted by atomic mass is 9.78. The van der Waals surface area contributed by atoms with Crippen LogP contribution in [-0.2, 0) is 6.42 Å². The van der Waals surface area contributed by atoms with Crippen molar-refractivity contribution in [1.82, 2.24) is 9.97 Å². The highest BCUT2D eigenvalue weighted by Crippen LogP contribution is 2.35. The van der Waals surface area contributed by atoms with E-state index in [0.29, 0.717) is 24.5 Å². The SMILES string of the molecule is CCOc1ccccc1CCCNc1cc(C2CC(N)C2)nc(N)n1.Cl.Cl. The molecule has 1 fully saturated rings. The number of ether oxygens (including phenoxy) is 1. The molecule has 1 aliphatic carbocycles. The minimum atomic E-state index is 0. The second kappa shape index (κ2) is 11.2. The Balaban J connectivity index is 0.00000182. The lowest BCUT2D eigenvalue weighted by Gasteiger charge is -2.32. The van der Waals surface area contributed by atoms with Crippen molar-refractivity contribution in [2.24, 2.45) is 5.73 Å². The van der Waals surface area contributed by atoms with Crippen LogP contribution < -0.4 is 21.5 Å². The number of halogens is 2. The van der Waals surface area contributed by atoms with Crippen molar-refractivity contribution in [2.75, 3.05) is 24.2 Å². The predicted octanol–water partition coefficient (Wildman–Crippen LogP) is 3.55. The molecule has 0 spiro atoms. The number of anilines is 2. The number of rotatable bonds is 8. The van der Waals surface area contributed by atoms with Crippen LogP contribution in [0.25, 0.3) is 0 Å². The number of hydrogen-bond acceptors (Lipinski definition) is 6. The summed E-state index contributed by atoms with van der Waals surface area (Å²) >= 11 is 0. The van der Waals surface area contributed by atoms with E-state index in [4.69, 9.17) is 16.2 Å². The molecule has 1 aromatic heterocycles. The molecule has 2 aromatic rings. The fraction of sp³-hybridized carbons (Fsp3) is 0.474. The van der Waals surface area contributed by atoms with Gasteiger partial charge in [-0.3, -0.25) is 0 Å². The zero-order valence-electron chi connectivity index (χ0n) is 15.6. The molecule has 0 saturated heterocycles. The number of aromatic nitrogens is 2. The van der Waals surface area contributed by atoms with E-state index in [0.717, 1.165) is 49.5 Å². The van der Waals surface area contributed by atoms with Gasteiger partial charge in [-0.2, -0.15) is 4.98 Å². The summed E-state index contributed by atoms with van der Waals surface area (Å²) < 4.78 is 5.67. The molecule has 5 N–H and O–H groups in total. The quantitative estimate of drug-likeness (QED) is 0.572. The van der Waals surface area contributed by atoms with Crippen LogP contribution in [0, 0.1) is 0 Å². The summed E-state index contributed by atoms with van der Waals surface area (Å²) in [7, 11) is 0. The van der Waals surface area contributed by atoms with Crippen LogP contribution >= 0.6 is 24.8 Å². The highest BCUT2D eigenvalue weighted by Gasteiger charge is 2.29. The predicted molar refractivity (Wildman–Crippen MR) is 115 cm³/mol. The van der Waals surface area contributed by atoms with Gasteiger partial charge in [-0.15, -0.1) is 24.8 Å². The van der Waals surface area contributed by atoms with Crippen LogP contribution in [0.15, 0.2) is 30.3 Å². The van der Waals surface area contributed by atoms with Crippen molar-refractivity contribution < 1.29 is 4.74 Å². The molecular weight excluding hydrogens is 385 g/mol.